The fourth-order valence-corrected chi connectivity index (χ4v) is 2.37. The molecule has 0 bridgehead atoms. The predicted octanol–water partition coefficient (Wildman–Crippen LogP) is 3.19. The third-order valence-electron chi connectivity index (χ3n) is 3.80. The predicted molar refractivity (Wildman–Crippen MR) is 71.2 cm³/mol. The zero-order chi connectivity index (χ0) is 13.6. The number of aromatic nitrogens is 2. The van der Waals surface area contributed by atoms with E-state index in [2.05, 4.69) is 18.8 Å². The second-order valence-electron chi connectivity index (χ2n) is 4.66. The number of benzene rings is 1. The summed E-state index contributed by atoms with van der Waals surface area (Å²) in [5.41, 5.74) is 6.39. The number of nitrogens with zero attached hydrogens (tertiary/aromatic N) is 2. The molecular formula is C14H18N2O2. The zero-order valence-electron chi connectivity index (χ0n) is 11.7. The van der Waals surface area contributed by atoms with Gasteiger partial charge in [-0.3, -0.25) is 0 Å². The number of hydrogen-bond donors (Lipinski definition) is 0. The Balaban J connectivity index is 2.99. The summed E-state index contributed by atoms with van der Waals surface area (Å²) < 4.78 is 6.38. The largest absolute Gasteiger partial charge is 0.452 e. The molecule has 0 aliphatic carbocycles. The number of carbonyl (C=O) groups excluding carboxylic acids is 1. The van der Waals surface area contributed by atoms with Gasteiger partial charge in [-0.05, 0) is 56.9 Å². The maximum Gasteiger partial charge on any atom is 0.419 e. The molecule has 0 aliphatic rings. The van der Waals surface area contributed by atoms with E-state index in [-0.39, 0.29) is 6.09 Å². The van der Waals surface area contributed by atoms with E-state index < -0.39 is 0 Å². The Morgan fingerprint density at radius 3 is 2.11 bits per heavy atom. The van der Waals surface area contributed by atoms with Crippen LogP contribution in [-0.4, -0.2) is 22.8 Å². The van der Waals surface area contributed by atoms with E-state index in [9.17, 15) is 4.79 Å². The van der Waals surface area contributed by atoms with Gasteiger partial charge in [-0.25, -0.2) is 14.3 Å². The van der Waals surface area contributed by atoms with Crippen LogP contribution in [0.3, 0.4) is 0 Å². The van der Waals surface area contributed by atoms with Crippen molar-refractivity contribution in [2.24, 2.45) is 0 Å². The molecule has 0 unspecified atom stereocenters. The second-order valence-corrected chi connectivity index (χ2v) is 4.66. The normalized spacial score (nSPS) is 11.0. The molecule has 4 heteroatoms. The van der Waals surface area contributed by atoms with Crippen molar-refractivity contribution in [2.45, 2.75) is 34.6 Å². The fourth-order valence-electron chi connectivity index (χ4n) is 2.37. The van der Waals surface area contributed by atoms with Crippen LogP contribution in [0, 0.1) is 34.6 Å². The Morgan fingerprint density at radius 1 is 1.00 bits per heavy atom. The molecule has 0 atom stereocenters. The number of rotatable bonds is 0. The molecule has 0 aliphatic heterocycles. The summed E-state index contributed by atoms with van der Waals surface area (Å²) in [7, 11) is 1.39. The van der Waals surface area contributed by atoms with Crippen molar-refractivity contribution in [1.82, 2.24) is 9.55 Å². The summed E-state index contributed by atoms with van der Waals surface area (Å²) >= 11 is 0. The van der Waals surface area contributed by atoms with Crippen LogP contribution in [0.25, 0.3) is 11.0 Å². The summed E-state index contributed by atoms with van der Waals surface area (Å²) in [4.78, 5) is 16.4. The Kier molecular flexibility index (Phi) is 2.89. The number of ether oxygens (including phenoxy) is 1. The first-order valence-corrected chi connectivity index (χ1v) is 5.93. The summed E-state index contributed by atoms with van der Waals surface area (Å²) in [6, 6.07) is 0. The molecule has 1 aromatic heterocycles. The maximum absolute atomic E-state index is 11.9. The standard InChI is InChI=1S/C14H18N2O2/c1-7-8(2)10(4)13-12(9(7)3)15-11(5)16(13)14(17)18-6/h1-6H3. The summed E-state index contributed by atoms with van der Waals surface area (Å²) in [5, 5.41) is 0. The maximum atomic E-state index is 11.9. The van der Waals surface area contributed by atoms with Gasteiger partial charge in [0.2, 0.25) is 0 Å². The molecule has 2 aromatic rings. The highest BCUT2D eigenvalue weighted by molar-refractivity contribution is 5.92. The van der Waals surface area contributed by atoms with Crippen LogP contribution < -0.4 is 0 Å². The number of fused-ring (bicyclic) bond motifs is 1. The third kappa shape index (κ3) is 1.52. The van der Waals surface area contributed by atoms with Crippen LogP contribution in [0.1, 0.15) is 28.1 Å². The molecule has 2 rings (SSSR count). The van der Waals surface area contributed by atoms with E-state index in [1.54, 1.807) is 4.57 Å². The van der Waals surface area contributed by atoms with E-state index in [1.165, 1.54) is 18.2 Å². The van der Waals surface area contributed by atoms with Crippen molar-refractivity contribution in [1.29, 1.82) is 0 Å². The topological polar surface area (TPSA) is 44.1 Å². The van der Waals surface area contributed by atoms with E-state index in [1.807, 2.05) is 20.8 Å². The van der Waals surface area contributed by atoms with Crippen molar-refractivity contribution in [3.63, 3.8) is 0 Å². The Hall–Kier alpha value is -1.84. The summed E-state index contributed by atoms with van der Waals surface area (Å²) in [6.45, 7) is 10.0. The molecule has 18 heavy (non-hydrogen) atoms. The Bertz CT molecular complexity index is 654. The van der Waals surface area contributed by atoms with Crippen molar-refractivity contribution in [3.8, 4) is 0 Å². The molecule has 4 nitrogen and oxygen atoms in total. The molecule has 1 aromatic carbocycles. The van der Waals surface area contributed by atoms with Gasteiger partial charge in [-0.2, -0.15) is 0 Å². The van der Waals surface area contributed by atoms with E-state index >= 15 is 0 Å². The van der Waals surface area contributed by atoms with Crippen LogP contribution in [0.4, 0.5) is 4.79 Å². The number of imidazole rings is 1. The van der Waals surface area contributed by atoms with Gasteiger partial charge in [0.25, 0.3) is 0 Å². The smallest absolute Gasteiger partial charge is 0.419 e. The molecule has 0 fully saturated rings. The molecule has 96 valence electrons. The van der Waals surface area contributed by atoms with Gasteiger partial charge in [0.05, 0.1) is 18.1 Å². The average molecular weight is 246 g/mol. The minimum atomic E-state index is -0.388. The number of methoxy groups -OCH3 is 1. The fraction of sp³-hybridized carbons (Fsp3) is 0.429. The van der Waals surface area contributed by atoms with Gasteiger partial charge in [0.1, 0.15) is 5.82 Å². The molecule has 0 amide bonds. The van der Waals surface area contributed by atoms with E-state index in [4.69, 9.17) is 4.74 Å². The summed E-state index contributed by atoms with van der Waals surface area (Å²) in [6.07, 6.45) is -0.388. The lowest BCUT2D eigenvalue weighted by Crippen LogP contribution is -2.13. The van der Waals surface area contributed by atoms with Gasteiger partial charge in [-0.1, -0.05) is 0 Å². The first-order chi connectivity index (χ1) is 8.40. The number of aryl methyl sites for hydroxylation is 3. The van der Waals surface area contributed by atoms with Crippen LogP contribution in [0.2, 0.25) is 0 Å². The van der Waals surface area contributed by atoms with Gasteiger partial charge in [0.15, 0.2) is 0 Å². The van der Waals surface area contributed by atoms with Gasteiger partial charge < -0.3 is 4.74 Å². The van der Waals surface area contributed by atoms with Crippen molar-refractivity contribution >= 4 is 17.1 Å². The number of carbonyl (C=O) groups is 1. The number of hydrogen-bond acceptors (Lipinski definition) is 3. The molecule has 0 spiro atoms. The zero-order valence-corrected chi connectivity index (χ0v) is 11.7. The molecule has 0 radical (unpaired) electrons. The van der Waals surface area contributed by atoms with Crippen molar-refractivity contribution < 1.29 is 9.53 Å². The Labute approximate surface area is 107 Å². The highest BCUT2D eigenvalue weighted by Crippen LogP contribution is 2.29. The first kappa shape index (κ1) is 12.6. The molecule has 1 heterocycles. The lowest BCUT2D eigenvalue weighted by atomic mass is 9.97. The van der Waals surface area contributed by atoms with E-state index in [0.717, 1.165) is 22.2 Å². The van der Waals surface area contributed by atoms with E-state index in [0.29, 0.717) is 5.82 Å². The van der Waals surface area contributed by atoms with Crippen molar-refractivity contribution in [3.05, 3.63) is 28.1 Å². The van der Waals surface area contributed by atoms with Crippen LogP contribution in [-0.2, 0) is 4.74 Å². The van der Waals surface area contributed by atoms with Crippen LogP contribution in [0.5, 0.6) is 0 Å². The monoisotopic (exact) mass is 246 g/mol. The van der Waals surface area contributed by atoms with Gasteiger partial charge in [0, 0.05) is 0 Å². The highest BCUT2D eigenvalue weighted by Gasteiger charge is 2.20. The van der Waals surface area contributed by atoms with Gasteiger partial charge >= 0.3 is 6.09 Å². The molecule has 0 N–H and O–H groups in total. The van der Waals surface area contributed by atoms with Crippen LogP contribution in [0.15, 0.2) is 0 Å². The third-order valence-corrected chi connectivity index (χ3v) is 3.80. The second kappa shape index (κ2) is 4.12. The minimum Gasteiger partial charge on any atom is -0.452 e. The first-order valence-electron chi connectivity index (χ1n) is 5.93. The lowest BCUT2D eigenvalue weighted by Gasteiger charge is -2.12. The average Bonchev–Trinajstić information content (AvgIpc) is 2.70. The quantitative estimate of drug-likeness (QED) is 0.717. The van der Waals surface area contributed by atoms with Gasteiger partial charge in [-0.15, -0.1) is 0 Å². The highest BCUT2D eigenvalue weighted by atomic mass is 16.5. The SMILES string of the molecule is COC(=O)n1c(C)nc2c(C)c(C)c(C)c(C)c21. The summed E-state index contributed by atoms with van der Waals surface area (Å²) in [5.74, 6) is 0.660. The Morgan fingerprint density at radius 2 is 1.56 bits per heavy atom. The lowest BCUT2D eigenvalue weighted by molar-refractivity contribution is 0.173. The molecule has 0 saturated carbocycles. The molecule has 0 saturated heterocycles. The minimum absolute atomic E-state index is 0.388. The van der Waals surface area contributed by atoms with Crippen LogP contribution >= 0.6 is 0 Å². The molecular weight excluding hydrogens is 228 g/mol. The van der Waals surface area contributed by atoms with Crippen molar-refractivity contribution in [2.75, 3.05) is 7.11 Å².